The van der Waals surface area contributed by atoms with Crippen molar-refractivity contribution >= 4 is 0 Å². The summed E-state index contributed by atoms with van der Waals surface area (Å²) in [6.45, 7) is 6.60. The molecule has 1 rings (SSSR count). The number of hydrogen-bond donors (Lipinski definition) is 1. The molecule has 1 nitrogen and oxygen atoms in total. The first kappa shape index (κ1) is 8.79. The van der Waals surface area contributed by atoms with E-state index in [1.165, 1.54) is 24.8 Å². The van der Waals surface area contributed by atoms with E-state index in [-0.39, 0.29) is 0 Å². The van der Waals surface area contributed by atoms with E-state index in [0.717, 1.165) is 0 Å². The Bertz CT molecular complexity index is 145. The fourth-order valence-electron chi connectivity index (χ4n) is 1.71. The summed E-state index contributed by atoms with van der Waals surface area (Å²) in [5.41, 5.74) is 1.43. The van der Waals surface area contributed by atoms with Crippen LogP contribution in [0.1, 0.15) is 40.0 Å². The second-order valence-corrected chi connectivity index (χ2v) is 3.85. The van der Waals surface area contributed by atoms with Gasteiger partial charge < -0.3 is 5.32 Å². The predicted molar refractivity (Wildman–Crippen MR) is 49.7 cm³/mol. The van der Waals surface area contributed by atoms with Crippen LogP contribution in [-0.2, 0) is 0 Å². The second-order valence-electron chi connectivity index (χ2n) is 3.85. The average Bonchev–Trinajstić information content (AvgIpc) is 1.85. The largest absolute Gasteiger partial charge is 0.308 e. The normalized spacial score (nSPS) is 31.5. The zero-order valence-corrected chi connectivity index (χ0v) is 7.85. The summed E-state index contributed by atoms with van der Waals surface area (Å²) in [6, 6.07) is 1.35. The molecule has 0 amide bonds. The van der Waals surface area contributed by atoms with E-state index >= 15 is 0 Å². The summed E-state index contributed by atoms with van der Waals surface area (Å²) in [4.78, 5) is 0. The Hall–Kier alpha value is -0.300. The molecule has 0 unspecified atom stereocenters. The molecule has 1 aliphatic heterocycles. The van der Waals surface area contributed by atoms with Gasteiger partial charge in [0.1, 0.15) is 0 Å². The first-order chi connectivity index (χ1) is 5.18. The quantitative estimate of drug-likeness (QED) is 0.571. The van der Waals surface area contributed by atoms with Crippen molar-refractivity contribution in [1.29, 1.82) is 0 Å². The van der Waals surface area contributed by atoms with Crippen LogP contribution in [0.25, 0.3) is 0 Å². The lowest BCUT2D eigenvalue weighted by Crippen LogP contribution is -2.39. The summed E-state index contributed by atoms with van der Waals surface area (Å²) < 4.78 is 0. The van der Waals surface area contributed by atoms with Crippen LogP contribution in [0, 0.1) is 0 Å². The van der Waals surface area contributed by atoms with Crippen LogP contribution in [0.3, 0.4) is 0 Å². The minimum absolute atomic E-state index is 0.642. The van der Waals surface area contributed by atoms with Gasteiger partial charge >= 0.3 is 0 Å². The highest BCUT2D eigenvalue weighted by Gasteiger charge is 2.14. The van der Waals surface area contributed by atoms with Crippen molar-refractivity contribution in [2.75, 3.05) is 0 Å². The third kappa shape index (κ3) is 3.06. The lowest BCUT2D eigenvalue weighted by Gasteiger charge is -2.26. The number of hydrogen-bond acceptors (Lipinski definition) is 1. The monoisotopic (exact) mass is 153 g/mol. The molecule has 1 aliphatic rings. The zero-order valence-electron chi connectivity index (χ0n) is 7.85. The van der Waals surface area contributed by atoms with Crippen molar-refractivity contribution in [3.8, 4) is 0 Å². The molecule has 64 valence electrons. The lowest BCUT2D eigenvalue weighted by atomic mass is 9.98. The smallest absolute Gasteiger partial charge is 0.0254 e. The van der Waals surface area contributed by atoms with Crippen molar-refractivity contribution in [3.63, 3.8) is 0 Å². The standard InChI is InChI=1S/C10H19N/c1-8(2)7-10-6-4-5-9(3)11-10/h7,9-11H,4-6H2,1-3H3/t9-,10-/m1/s1. The fourth-order valence-corrected chi connectivity index (χ4v) is 1.71. The Labute approximate surface area is 69.9 Å². The molecule has 11 heavy (non-hydrogen) atoms. The summed E-state index contributed by atoms with van der Waals surface area (Å²) in [7, 11) is 0. The van der Waals surface area contributed by atoms with Crippen LogP contribution in [0.4, 0.5) is 0 Å². The lowest BCUT2D eigenvalue weighted by molar-refractivity contribution is 0.374. The van der Waals surface area contributed by atoms with E-state index in [1.807, 2.05) is 0 Å². The van der Waals surface area contributed by atoms with Gasteiger partial charge in [0, 0.05) is 12.1 Å². The van der Waals surface area contributed by atoms with Crippen LogP contribution in [0.2, 0.25) is 0 Å². The molecular formula is C10H19N. The number of allylic oxidation sites excluding steroid dienone is 1. The Morgan fingerprint density at radius 3 is 2.64 bits per heavy atom. The van der Waals surface area contributed by atoms with E-state index in [1.54, 1.807) is 0 Å². The molecule has 0 saturated carbocycles. The van der Waals surface area contributed by atoms with Gasteiger partial charge in [-0.25, -0.2) is 0 Å². The molecule has 0 radical (unpaired) electrons. The van der Waals surface area contributed by atoms with Crippen LogP contribution < -0.4 is 5.32 Å². The Morgan fingerprint density at radius 1 is 1.36 bits per heavy atom. The maximum Gasteiger partial charge on any atom is 0.0254 e. The Kier molecular flexibility index (Phi) is 3.13. The van der Waals surface area contributed by atoms with Gasteiger partial charge in [0.25, 0.3) is 0 Å². The number of nitrogens with one attached hydrogen (secondary N) is 1. The molecule has 0 bridgehead atoms. The van der Waals surface area contributed by atoms with Gasteiger partial charge in [-0.2, -0.15) is 0 Å². The first-order valence-corrected chi connectivity index (χ1v) is 4.59. The van der Waals surface area contributed by atoms with Gasteiger partial charge in [0.05, 0.1) is 0 Å². The highest BCUT2D eigenvalue weighted by molar-refractivity contribution is 5.02. The van der Waals surface area contributed by atoms with Crippen LogP contribution in [0.15, 0.2) is 11.6 Å². The molecule has 1 heteroatoms. The van der Waals surface area contributed by atoms with E-state index in [0.29, 0.717) is 12.1 Å². The van der Waals surface area contributed by atoms with Crippen molar-refractivity contribution in [3.05, 3.63) is 11.6 Å². The SMILES string of the molecule is CC(C)=C[C@H]1CCC[C@@H](C)N1. The van der Waals surface area contributed by atoms with E-state index in [4.69, 9.17) is 0 Å². The van der Waals surface area contributed by atoms with Gasteiger partial charge in [-0.15, -0.1) is 0 Å². The van der Waals surface area contributed by atoms with Gasteiger partial charge in [0.15, 0.2) is 0 Å². The summed E-state index contributed by atoms with van der Waals surface area (Å²) in [5.74, 6) is 0. The molecule has 1 fully saturated rings. The fraction of sp³-hybridized carbons (Fsp3) is 0.800. The summed E-state index contributed by atoms with van der Waals surface area (Å²) in [6.07, 6.45) is 6.38. The molecule has 0 aromatic carbocycles. The zero-order chi connectivity index (χ0) is 8.27. The van der Waals surface area contributed by atoms with Gasteiger partial charge in [-0.05, 0) is 33.6 Å². The van der Waals surface area contributed by atoms with Crippen LogP contribution in [0.5, 0.6) is 0 Å². The average molecular weight is 153 g/mol. The molecule has 0 spiro atoms. The van der Waals surface area contributed by atoms with E-state index in [9.17, 15) is 0 Å². The van der Waals surface area contributed by atoms with E-state index in [2.05, 4.69) is 32.2 Å². The molecule has 2 atom stereocenters. The summed E-state index contributed by atoms with van der Waals surface area (Å²) >= 11 is 0. The Morgan fingerprint density at radius 2 is 2.09 bits per heavy atom. The molecular weight excluding hydrogens is 134 g/mol. The number of piperidine rings is 1. The first-order valence-electron chi connectivity index (χ1n) is 4.59. The predicted octanol–water partition coefficient (Wildman–Crippen LogP) is 2.48. The van der Waals surface area contributed by atoms with Crippen LogP contribution in [-0.4, -0.2) is 12.1 Å². The topological polar surface area (TPSA) is 12.0 Å². The highest BCUT2D eigenvalue weighted by atomic mass is 14.9. The number of rotatable bonds is 1. The van der Waals surface area contributed by atoms with Crippen LogP contribution >= 0.6 is 0 Å². The third-order valence-corrected chi connectivity index (χ3v) is 2.19. The van der Waals surface area contributed by atoms with Crippen molar-refractivity contribution in [2.45, 2.75) is 52.1 Å². The van der Waals surface area contributed by atoms with Crippen molar-refractivity contribution in [1.82, 2.24) is 5.32 Å². The minimum Gasteiger partial charge on any atom is -0.308 e. The molecule has 0 aliphatic carbocycles. The van der Waals surface area contributed by atoms with Gasteiger partial charge in [-0.1, -0.05) is 18.1 Å². The summed E-state index contributed by atoms with van der Waals surface area (Å²) in [5, 5.41) is 3.57. The van der Waals surface area contributed by atoms with Gasteiger partial charge in [0.2, 0.25) is 0 Å². The molecule has 0 aromatic heterocycles. The molecule has 1 heterocycles. The van der Waals surface area contributed by atoms with Crippen molar-refractivity contribution < 1.29 is 0 Å². The second kappa shape index (κ2) is 3.91. The van der Waals surface area contributed by atoms with Crippen molar-refractivity contribution in [2.24, 2.45) is 0 Å². The maximum atomic E-state index is 3.57. The van der Waals surface area contributed by atoms with Gasteiger partial charge in [-0.3, -0.25) is 0 Å². The molecule has 0 aromatic rings. The minimum atomic E-state index is 0.642. The molecule has 1 N–H and O–H groups in total. The highest BCUT2D eigenvalue weighted by Crippen LogP contribution is 2.13. The maximum absolute atomic E-state index is 3.57. The third-order valence-electron chi connectivity index (χ3n) is 2.19. The Balaban J connectivity index is 2.40. The van der Waals surface area contributed by atoms with E-state index < -0.39 is 0 Å². The molecule has 1 saturated heterocycles.